The Morgan fingerprint density at radius 2 is 2.15 bits per heavy atom. The summed E-state index contributed by atoms with van der Waals surface area (Å²) in [6.45, 7) is 2.95. The quantitative estimate of drug-likeness (QED) is 0.871. The fourth-order valence-electron chi connectivity index (χ4n) is 2.33. The van der Waals surface area contributed by atoms with Crippen LogP contribution in [0, 0.1) is 0 Å². The summed E-state index contributed by atoms with van der Waals surface area (Å²) in [6, 6.07) is 0. The highest BCUT2D eigenvalue weighted by Gasteiger charge is 2.14. The van der Waals surface area contributed by atoms with Gasteiger partial charge in [0.2, 0.25) is 0 Å². The average molecular weight is 274 g/mol. The van der Waals surface area contributed by atoms with Gasteiger partial charge in [-0.15, -0.1) is 0 Å². The van der Waals surface area contributed by atoms with E-state index in [1.807, 2.05) is 38.2 Å². The number of nitrogens with zero attached hydrogens (tertiary/aromatic N) is 5. The number of hydrogen-bond donors (Lipinski definition) is 1. The molecular formula is C14H22N6. The summed E-state index contributed by atoms with van der Waals surface area (Å²) in [7, 11) is 5.87. The van der Waals surface area contributed by atoms with Crippen LogP contribution in [0.2, 0.25) is 0 Å². The molecular weight excluding hydrogens is 252 g/mol. The van der Waals surface area contributed by atoms with Crippen molar-refractivity contribution in [3.05, 3.63) is 29.8 Å². The van der Waals surface area contributed by atoms with E-state index in [1.54, 1.807) is 6.33 Å². The fourth-order valence-corrected chi connectivity index (χ4v) is 2.33. The Balaban J connectivity index is 2.26. The smallest absolute Gasteiger partial charge is 0.137 e. The van der Waals surface area contributed by atoms with Gasteiger partial charge in [-0.1, -0.05) is 13.3 Å². The van der Waals surface area contributed by atoms with Gasteiger partial charge in [0.15, 0.2) is 0 Å². The molecule has 0 amide bonds. The van der Waals surface area contributed by atoms with E-state index in [4.69, 9.17) is 0 Å². The van der Waals surface area contributed by atoms with Gasteiger partial charge in [-0.25, -0.2) is 9.97 Å². The van der Waals surface area contributed by atoms with Crippen LogP contribution in [0.5, 0.6) is 0 Å². The van der Waals surface area contributed by atoms with Gasteiger partial charge < -0.3 is 10.2 Å². The van der Waals surface area contributed by atoms with Crippen LogP contribution in [0.3, 0.4) is 0 Å². The minimum atomic E-state index is 0.782. The van der Waals surface area contributed by atoms with Crippen molar-refractivity contribution in [3.8, 4) is 0 Å². The van der Waals surface area contributed by atoms with Crippen LogP contribution in [-0.2, 0) is 20.0 Å². The summed E-state index contributed by atoms with van der Waals surface area (Å²) in [5.41, 5.74) is 2.34. The van der Waals surface area contributed by atoms with E-state index in [1.165, 1.54) is 11.1 Å². The van der Waals surface area contributed by atoms with E-state index in [9.17, 15) is 0 Å². The van der Waals surface area contributed by atoms with Gasteiger partial charge in [-0.3, -0.25) is 4.68 Å². The van der Waals surface area contributed by atoms with Crippen LogP contribution in [0.25, 0.3) is 0 Å². The molecule has 0 aliphatic heterocycles. The minimum Gasteiger partial charge on any atom is -0.373 e. The molecule has 0 saturated carbocycles. The number of anilines is 2. The summed E-state index contributed by atoms with van der Waals surface area (Å²) < 4.78 is 1.81. The highest BCUT2D eigenvalue weighted by molar-refractivity contribution is 5.58. The molecule has 0 bridgehead atoms. The van der Waals surface area contributed by atoms with Crippen molar-refractivity contribution in [1.82, 2.24) is 19.7 Å². The molecule has 6 nitrogen and oxygen atoms in total. The first kappa shape index (κ1) is 14.3. The Bertz CT molecular complexity index is 563. The molecule has 108 valence electrons. The Morgan fingerprint density at radius 1 is 1.35 bits per heavy atom. The van der Waals surface area contributed by atoms with Crippen molar-refractivity contribution in [2.24, 2.45) is 7.05 Å². The maximum absolute atomic E-state index is 4.46. The molecule has 0 aliphatic rings. The highest BCUT2D eigenvalue weighted by atomic mass is 15.2. The van der Waals surface area contributed by atoms with Crippen LogP contribution in [-0.4, -0.2) is 33.8 Å². The maximum Gasteiger partial charge on any atom is 0.137 e. The largest absolute Gasteiger partial charge is 0.373 e. The zero-order chi connectivity index (χ0) is 14.5. The molecule has 0 saturated heterocycles. The lowest BCUT2D eigenvalue weighted by Crippen LogP contribution is -2.20. The van der Waals surface area contributed by atoms with Crippen molar-refractivity contribution in [1.29, 1.82) is 0 Å². The van der Waals surface area contributed by atoms with Gasteiger partial charge in [0.25, 0.3) is 0 Å². The summed E-state index contributed by atoms with van der Waals surface area (Å²) >= 11 is 0. The number of aryl methyl sites for hydroxylation is 1. The first-order chi connectivity index (χ1) is 9.65. The highest BCUT2D eigenvalue weighted by Crippen LogP contribution is 2.24. The number of aromatic nitrogens is 4. The van der Waals surface area contributed by atoms with Gasteiger partial charge in [0.05, 0.1) is 6.20 Å². The van der Waals surface area contributed by atoms with Crippen LogP contribution >= 0.6 is 0 Å². The molecule has 2 rings (SSSR count). The molecule has 20 heavy (non-hydrogen) atoms. The topological polar surface area (TPSA) is 58.9 Å². The predicted octanol–water partition coefficient (Wildman–Crippen LogP) is 1.84. The van der Waals surface area contributed by atoms with E-state index in [0.717, 1.165) is 31.0 Å². The summed E-state index contributed by atoms with van der Waals surface area (Å²) in [4.78, 5) is 10.9. The lowest BCUT2D eigenvalue weighted by atomic mass is 10.1. The molecule has 0 atom stereocenters. The Kier molecular flexibility index (Phi) is 4.55. The number of nitrogens with one attached hydrogen (secondary N) is 1. The van der Waals surface area contributed by atoms with Gasteiger partial charge >= 0.3 is 0 Å². The molecule has 0 aliphatic carbocycles. The predicted molar refractivity (Wildman–Crippen MR) is 80.9 cm³/mol. The third kappa shape index (κ3) is 3.07. The van der Waals surface area contributed by atoms with Gasteiger partial charge in [0, 0.05) is 45.0 Å². The SMILES string of the molecule is CCCc1c(NC)ncnc1N(C)Cc1cnn(C)c1. The van der Waals surface area contributed by atoms with Crippen LogP contribution in [0.1, 0.15) is 24.5 Å². The van der Waals surface area contributed by atoms with E-state index < -0.39 is 0 Å². The molecule has 2 heterocycles. The molecule has 6 heteroatoms. The van der Waals surface area contributed by atoms with Crippen molar-refractivity contribution < 1.29 is 0 Å². The molecule has 0 unspecified atom stereocenters. The first-order valence-electron chi connectivity index (χ1n) is 6.86. The molecule has 0 fully saturated rings. The fraction of sp³-hybridized carbons (Fsp3) is 0.500. The van der Waals surface area contributed by atoms with Gasteiger partial charge in [0.1, 0.15) is 18.0 Å². The average Bonchev–Trinajstić information content (AvgIpc) is 2.84. The van der Waals surface area contributed by atoms with E-state index in [0.29, 0.717) is 0 Å². The van der Waals surface area contributed by atoms with Crippen LogP contribution in [0.15, 0.2) is 18.7 Å². The third-order valence-corrected chi connectivity index (χ3v) is 3.20. The van der Waals surface area contributed by atoms with Crippen molar-refractivity contribution in [3.63, 3.8) is 0 Å². The molecule has 0 spiro atoms. The molecule has 0 radical (unpaired) electrons. The van der Waals surface area contributed by atoms with Crippen LogP contribution in [0.4, 0.5) is 11.6 Å². The normalized spacial score (nSPS) is 10.6. The zero-order valence-corrected chi connectivity index (χ0v) is 12.6. The Hall–Kier alpha value is -2.11. The molecule has 0 aromatic carbocycles. The lowest BCUT2D eigenvalue weighted by Gasteiger charge is -2.21. The third-order valence-electron chi connectivity index (χ3n) is 3.20. The Morgan fingerprint density at radius 3 is 2.75 bits per heavy atom. The second kappa shape index (κ2) is 6.36. The first-order valence-corrected chi connectivity index (χ1v) is 6.86. The van der Waals surface area contributed by atoms with Gasteiger partial charge in [-0.05, 0) is 6.42 Å². The maximum atomic E-state index is 4.46. The van der Waals surface area contributed by atoms with Gasteiger partial charge in [-0.2, -0.15) is 5.10 Å². The number of hydrogen-bond acceptors (Lipinski definition) is 5. The van der Waals surface area contributed by atoms with E-state index in [2.05, 4.69) is 32.2 Å². The zero-order valence-electron chi connectivity index (χ0n) is 12.6. The molecule has 1 N–H and O–H groups in total. The standard InChI is InChI=1S/C14H22N6/c1-5-6-12-13(15-2)16-10-17-14(12)19(3)8-11-7-18-20(4)9-11/h7,9-10H,5-6,8H2,1-4H3,(H,15,16,17). The second-order valence-corrected chi connectivity index (χ2v) is 4.90. The van der Waals surface area contributed by atoms with Crippen molar-refractivity contribution in [2.75, 3.05) is 24.3 Å². The number of rotatable bonds is 6. The molecule has 2 aromatic heterocycles. The monoisotopic (exact) mass is 274 g/mol. The minimum absolute atomic E-state index is 0.782. The van der Waals surface area contributed by atoms with E-state index in [-0.39, 0.29) is 0 Å². The van der Waals surface area contributed by atoms with E-state index >= 15 is 0 Å². The molecule has 2 aromatic rings. The van der Waals surface area contributed by atoms with Crippen LogP contribution < -0.4 is 10.2 Å². The second-order valence-electron chi connectivity index (χ2n) is 4.90. The van der Waals surface area contributed by atoms with Crippen molar-refractivity contribution in [2.45, 2.75) is 26.3 Å². The summed E-state index contributed by atoms with van der Waals surface area (Å²) in [5.74, 6) is 1.89. The lowest BCUT2D eigenvalue weighted by molar-refractivity contribution is 0.766. The summed E-state index contributed by atoms with van der Waals surface area (Å²) in [5, 5.41) is 7.35. The Labute approximate surface area is 119 Å². The van der Waals surface area contributed by atoms with Crippen molar-refractivity contribution >= 4 is 11.6 Å². The summed E-state index contributed by atoms with van der Waals surface area (Å²) in [6.07, 6.45) is 7.55.